The van der Waals surface area contributed by atoms with Crippen LogP contribution in [-0.2, 0) is 0 Å². The Labute approximate surface area is 291 Å². The molecule has 0 aliphatic rings. The first-order valence-electron chi connectivity index (χ1n) is 0. The molecule has 0 aromatic rings. The van der Waals surface area contributed by atoms with Gasteiger partial charge >= 0.3 is 150 Å². The molecule has 0 aromatic carbocycles. The van der Waals surface area contributed by atoms with Crippen LogP contribution < -0.4 is 149 Å². The second-order valence-corrected chi connectivity index (χ2v) is 0. The van der Waals surface area contributed by atoms with Gasteiger partial charge < -0.3 is 149 Å². The van der Waals surface area contributed by atoms with Gasteiger partial charge in [-0.1, -0.05) is 0 Å². The molecule has 0 saturated carbocycles. The van der Waals surface area contributed by atoms with Gasteiger partial charge in [-0.25, -0.2) is 0 Å². The van der Waals surface area contributed by atoms with E-state index in [2.05, 4.69) is 0 Å². The summed E-state index contributed by atoms with van der Waals surface area (Å²) in [5, 5.41) is 0. The molecule has 0 aliphatic heterocycles. The maximum Gasteiger partial charge on any atom is 3.00 e. The standard InChI is InChI=1S/12ClH.Dy.Er.Ho.Tm/h12*1H;;;;/q;;;;;;;;;;;;4*+3/p-12. The summed E-state index contributed by atoms with van der Waals surface area (Å²) in [5.41, 5.74) is 0. The molecule has 130 valence electrons. The third kappa shape index (κ3) is 144. The number of halogens is 12. The number of hydrogen-bond donors (Lipinski definition) is 0. The average molecular weight is 1090 g/mol. The molecular formula is Cl12DyErHoTm. The first-order chi connectivity index (χ1) is 0. The van der Waals surface area contributed by atoms with Gasteiger partial charge in [0.2, 0.25) is 0 Å². The van der Waals surface area contributed by atoms with E-state index in [1.807, 2.05) is 0 Å². The molecule has 16 heavy (non-hydrogen) atoms. The summed E-state index contributed by atoms with van der Waals surface area (Å²) >= 11 is 0. The van der Waals surface area contributed by atoms with Gasteiger partial charge in [-0.05, 0) is 0 Å². The van der Waals surface area contributed by atoms with Gasteiger partial charge in [0, 0.05) is 0 Å². The molecule has 0 rings (SSSR count). The van der Waals surface area contributed by atoms with Gasteiger partial charge in [-0.15, -0.1) is 0 Å². The molecule has 0 N–H and O–H groups in total. The Morgan fingerprint density at radius 3 is 0.312 bits per heavy atom. The fourth-order valence-electron chi connectivity index (χ4n) is 0. The minimum absolute atomic E-state index is 0. The Morgan fingerprint density at radius 2 is 0.312 bits per heavy atom. The van der Waals surface area contributed by atoms with E-state index in [0.717, 1.165) is 0 Å². The summed E-state index contributed by atoms with van der Waals surface area (Å²) in [6, 6.07) is 0. The smallest absolute Gasteiger partial charge is 1.00 e. The molecule has 0 nitrogen and oxygen atoms in total. The number of rotatable bonds is 0. The minimum atomic E-state index is 0. The van der Waals surface area contributed by atoms with Crippen molar-refractivity contribution in [3.05, 3.63) is 0 Å². The van der Waals surface area contributed by atoms with Crippen molar-refractivity contribution in [1.82, 2.24) is 0 Å². The van der Waals surface area contributed by atoms with E-state index < -0.39 is 0 Å². The van der Waals surface area contributed by atoms with E-state index in [9.17, 15) is 0 Å². The molecule has 0 aliphatic carbocycles. The molecule has 16 heteroatoms. The molecule has 0 bridgehead atoms. The van der Waals surface area contributed by atoms with Crippen LogP contribution >= 0.6 is 0 Å². The van der Waals surface area contributed by atoms with E-state index in [0.29, 0.717) is 0 Å². The van der Waals surface area contributed by atoms with Crippen LogP contribution in [0.15, 0.2) is 0 Å². The predicted octanol–water partition coefficient (Wildman–Crippen LogP) is -36.0. The second kappa shape index (κ2) is 165. The van der Waals surface area contributed by atoms with Crippen molar-refractivity contribution in [3.8, 4) is 0 Å². The molecule has 0 atom stereocenters. The molecule has 0 heterocycles. The molecule has 0 amide bonds. The van der Waals surface area contributed by atoms with Crippen molar-refractivity contribution in [3.63, 3.8) is 0 Å². The monoisotopic (exact) mass is 1080 g/mol. The molecule has 0 spiro atoms. The van der Waals surface area contributed by atoms with E-state index in [4.69, 9.17) is 0 Å². The zero-order chi connectivity index (χ0) is 0. The van der Waals surface area contributed by atoms with E-state index in [1.54, 1.807) is 0 Å². The third-order valence-corrected chi connectivity index (χ3v) is 0. The van der Waals surface area contributed by atoms with Crippen LogP contribution in [0.2, 0.25) is 0 Å². The van der Waals surface area contributed by atoms with Crippen molar-refractivity contribution < 1.29 is 299 Å². The van der Waals surface area contributed by atoms with E-state index in [-0.39, 0.29) is 299 Å². The summed E-state index contributed by atoms with van der Waals surface area (Å²) in [6.07, 6.45) is 0. The Kier molecular flexibility index (Phi) is 1930. The van der Waals surface area contributed by atoms with Crippen molar-refractivity contribution in [1.29, 1.82) is 0 Å². The van der Waals surface area contributed by atoms with Crippen LogP contribution in [0.25, 0.3) is 0 Å². The zero-order valence-corrected chi connectivity index (χ0v) is 22.4. The largest absolute Gasteiger partial charge is 3.00 e. The van der Waals surface area contributed by atoms with Gasteiger partial charge in [0.1, 0.15) is 0 Å². The third-order valence-electron chi connectivity index (χ3n) is 0. The van der Waals surface area contributed by atoms with Gasteiger partial charge in [-0.2, -0.15) is 0 Å². The molecule has 2 radical (unpaired) electrons. The van der Waals surface area contributed by atoms with Crippen LogP contribution in [0.5, 0.6) is 0 Å². The Morgan fingerprint density at radius 1 is 0.312 bits per heavy atom. The van der Waals surface area contributed by atoms with Crippen LogP contribution in [0.1, 0.15) is 0 Å². The molecule has 0 aromatic heterocycles. The quantitative estimate of drug-likeness (QED) is 0.212. The van der Waals surface area contributed by atoms with Gasteiger partial charge in [0.05, 0.1) is 0 Å². The van der Waals surface area contributed by atoms with Gasteiger partial charge in [-0.3, -0.25) is 0 Å². The van der Waals surface area contributed by atoms with E-state index >= 15 is 0 Å². The molecule has 0 saturated heterocycles. The first-order valence-corrected chi connectivity index (χ1v) is 0. The van der Waals surface area contributed by atoms with Crippen LogP contribution in [-0.4, -0.2) is 0 Å². The Balaban J connectivity index is 0. The van der Waals surface area contributed by atoms with Gasteiger partial charge in [0.25, 0.3) is 0 Å². The summed E-state index contributed by atoms with van der Waals surface area (Å²) < 4.78 is 0. The average Bonchev–Trinajstić information content (AvgIpc) is 0. The SMILES string of the molecule is [Cl-].[Cl-].[Cl-].[Cl-].[Cl-].[Cl-].[Cl-].[Cl-].[Cl-].[Cl-].[Cl-].[Cl-].[Dy+3].[Er+3].[Ho+3].[Tm+3]. The van der Waals surface area contributed by atoms with Crippen LogP contribution in [0.4, 0.5) is 0 Å². The van der Waals surface area contributed by atoms with E-state index in [1.165, 1.54) is 0 Å². The Hall–Kier alpha value is 8.49. The second-order valence-electron chi connectivity index (χ2n) is 0. The van der Waals surface area contributed by atoms with Gasteiger partial charge in [0.15, 0.2) is 0 Å². The predicted molar refractivity (Wildman–Crippen MR) is 0 cm³/mol. The normalized spacial score (nSPS) is 0. The Bertz CT molecular complexity index is 21.0. The summed E-state index contributed by atoms with van der Waals surface area (Å²) in [4.78, 5) is 0. The molecular weight excluding hydrogens is 1090 g/mol. The summed E-state index contributed by atoms with van der Waals surface area (Å²) in [7, 11) is 0. The summed E-state index contributed by atoms with van der Waals surface area (Å²) in [6.45, 7) is 0. The summed E-state index contributed by atoms with van der Waals surface area (Å²) in [5.74, 6) is 0. The van der Waals surface area contributed by atoms with Crippen molar-refractivity contribution >= 4 is 0 Å². The van der Waals surface area contributed by atoms with Crippen molar-refractivity contribution in [2.75, 3.05) is 0 Å². The van der Waals surface area contributed by atoms with Crippen LogP contribution in [0, 0.1) is 150 Å². The topological polar surface area (TPSA) is 0 Å². The van der Waals surface area contributed by atoms with Crippen molar-refractivity contribution in [2.45, 2.75) is 0 Å². The zero-order valence-electron chi connectivity index (χ0n) is 5.72. The molecule has 0 fully saturated rings. The minimum Gasteiger partial charge on any atom is -1.00 e. The fourth-order valence-corrected chi connectivity index (χ4v) is 0. The van der Waals surface area contributed by atoms with Crippen molar-refractivity contribution in [2.24, 2.45) is 0 Å². The maximum atomic E-state index is 0. The number of hydrogen-bond acceptors (Lipinski definition) is 0. The first kappa shape index (κ1) is 187. The fraction of sp³-hybridized carbons (Fsp3) is 0. The molecule has 0 unspecified atom stereocenters. The maximum absolute atomic E-state index is 0. The van der Waals surface area contributed by atoms with Crippen LogP contribution in [0.3, 0.4) is 0 Å².